The number of carboxylic acid groups (broad SMARTS) is 1. The predicted octanol–water partition coefficient (Wildman–Crippen LogP) is 0.260. The lowest BCUT2D eigenvalue weighted by Crippen LogP contribution is -2.57. The maximum Gasteiger partial charge on any atom is 0.335 e. The molecule has 0 saturated heterocycles. The molecule has 0 heterocycles. The van der Waals surface area contributed by atoms with Gasteiger partial charge in [0.15, 0.2) is 5.60 Å². The normalized spacial score (nSPS) is 28.7. The van der Waals surface area contributed by atoms with Gasteiger partial charge < -0.3 is 29.9 Å². The van der Waals surface area contributed by atoms with E-state index >= 15 is 0 Å². The van der Waals surface area contributed by atoms with E-state index in [1.54, 1.807) is 25.3 Å². The summed E-state index contributed by atoms with van der Waals surface area (Å²) in [6.07, 6.45) is -2.78. The Kier molecular flexibility index (Phi) is 6.01. The minimum Gasteiger partial charge on any atom is -0.496 e. The summed E-state index contributed by atoms with van der Waals surface area (Å²) in [4.78, 5) is 23.1. The number of aliphatic carboxylic acids is 1. The number of carbonyl (C=O) groups is 2. The molecule has 4 atom stereocenters. The van der Waals surface area contributed by atoms with Gasteiger partial charge in [0.25, 0.3) is 0 Å². The van der Waals surface area contributed by atoms with Crippen molar-refractivity contribution in [1.82, 2.24) is 0 Å². The highest BCUT2D eigenvalue weighted by Crippen LogP contribution is 2.31. The van der Waals surface area contributed by atoms with Gasteiger partial charge in [0.05, 0.1) is 13.2 Å². The second kappa shape index (κ2) is 7.86. The van der Waals surface area contributed by atoms with Crippen molar-refractivity contribution in [3.05, 3.63) is 35.4 Å². The number of aliphatic hydroxyl groups excluding tert-OH is 2. The molecule has 1 aliphatic rings. The smallest absolute Gasteiger partial charge is 0.335 e. The molecule has 142 valence electrons. The predicted molar refractivity (Wildman–Crippen MR) is 90.5 cm³/mol. The van der Waals surface area contributed by atoms with Gasteiger partial charge in [-0.3, -0.25) is 0 Å². The van der Waals surface area contributed by atoms with E-state index in [1.165, 1.54) is 6.08 Å². The van der Waals surface area contributed by atoms with Gasteiger partial charge in [-0.1, -0.05) is 6.07 Å². The van der Waals surface area contributed by atoms with Gasteiger partial charge >= 0.3 is 11.9 Å². The van der Waals surface area contributed by atoms with Crippen LogP contribution in [0.25, 0.3) is 6.08 Å². The van der Waals surface area contributed by atoms with Crippen molar-refractivity contribution in [1.29, 1.82) is 0 Å². The third-order valence-electron chi connectivity index (χ3n) is 4.36. The summed E-state index contributed by atoms with van der Waals surface area (Å²) in [5, 5.41) is 38.7. The molecular weight excluding hydrogens is 344 g/mol. The number of benzene rings is 1. The second-order valence-corrected chi connectivity index (χ2v) is 6.34. The molecule has 1 aromatic carbocycles. The van der Waals surface area contributed by atoms with Crippen LogP contribution < -0.4 is 4.74 Å². The second-order valence-electron chi connectivity index (χ2n) is 6.34. The van der Waals surface area contributed by atoms with Gasteiger partial charge in [0, 0.05) is 18.9 Å². The third-order valence-corrected chi connectivity index (χ3v) is 4.36. The molecule has 1 fully saturated rings. The van der Waals surface area contributed by atoms with Crippen molar-refractivity contribution in [3.63, 3.8) is 0 Å². The van der Waals surface area contributed by atoms with E-state index in [2.05, 4.69) is 0 Å². The first-order valence-electron chi connectivity index (χ1n) is 8.01. The topological polar surface area (TPSA) is 134 Å². The number of carboxylic acids is 1. The van der Waals surface area contributed by atoms with Crippen LogP contribution >= 0.6 is 0 Å². The Morgan fingerprint density at radius 3 is 2.54 bits per heavy atom. The largest absolute Gasteiger partial charge is 0.496 e. The van der Waals surface area contributed by atoms with Crippen molar-refractivity contribution in [2.24, 2.45) is 0 Å². The van der Waals surface area contributed by atoms with Crippen molar-refractivity contribution in [3.8, 4) is 5.75 Å². The Balaban J connectivity index is 2.06. The maximum absolute atomic E-state index is 12.0. The lowest BCUT2D eigenvalue weighted by atomic mass is 9.79. The van der Waals surface area contributed by atoms with Gasteiger partial charge in [-0.15, -0.1) is 0 Å². The monoisotopic (exact) mass is 366 g/mol. The molecule has 1 aromatic rings. The minimum atomic E-state index is -2.26. The van der Waals surface area contributed by atoms with Crippen LogP contribution in [0.4, 0.5) is 0 Å². The number of hydrogen-bond acceptors (Lipinski definition) is 7. The van der Waals surface area contributed by atoms with Crippen LogP contribution in [0.2, 0.25) is 0 Å². The Morgan fingerprint density at radius 2 is 1.96 bits per heavy atom. The summed E-state index contributed by atoms with van der Waals surface area (Å²) in [6.45, 7) is 1.85. The number of aryl methyl sites for hydroxylation is 1. The summed E-state index contributed by atoms with van der Waals surface area (Å²) >= 11 is 0. The van der Waals surface area contributed by atoms with Gasteiger partial charge in [-0.2, -0.15) is 0 Å². The summed E-state index contributed by atoms with van der Waals surface area (Å²) in [5.74, 6) is -1.67. The summed E-state index contributed by atoms with van der Waals surface area (Å²) in [7, 11) is 1.55. The molecule has 0 amide bonds. The van der Waals surface area contributed by atoms with Gasteiger partial charge in [0.2, 0.25) is 0 Å². The number of carbonyl (C=O) groups excluding carboxylic acids is 1. The number of ether oxygens (including phenoxy) is 2. The lowest BCUT2D eigenvalue weighted by Gasteiger charge is -2.39. The summed E-state index contributed by atoms with van der Waals surface area (Å²) in [6, 6.07) is 5.28. The Morgan fingerprint density at radius 1 is 1.27 bits per heavy atom. The van der Waals surface area contributed by atoms with Gasteiger partial charge in [0.1, 0.15) is 18.0 Å². The highest BCUT2D eigenvalue weighted by molar-refractivity contribution is 5.87. The molecule has 8 heteroatoms. The molecule has 4 N–H and O–H groups in total. The maximum atomic E-state index is 12.0. The molecule has 0 aliphatic heterocycles. The highest BCUT2D eigenvalue weighted by atomic mass is 16.6. The first-order valence-corrected chi connectivity index (χ1v) is 8.01. The van der Waals surface area contributed by atoms with Crippen LogP contribution in [-0.2, 0) is 14.3 Å². The fourth-order valence-corrected chi connectivity index (χ4v) is 2.90. The Bertz CT molecular complexity index is 713. The van der Waals surface area contributed by atoms with E-state index < -0.39 is 48.7 Å². The minimum absolute atomic E-state index is 0.512. The molecule has 26 heavy (non-hydrogen) atoms. The SMILES string of the molecule is COc1ccc(/C=C/C(=O)O[C@@H]2C[C@](O)(C(=O)O)C[C@@H](O)[C@H]2O)cc1C. The molecule has 2 rings (SSSR count). The standard InChI is InChI=1S/C18H22O8/c1-10-7-11(3-5-13(10)25-2)4-6-15(20)26-14-9-18(24,17(22)23)8-12(19)16(14)21/h3-7,12,14,16,19,21,24H,8-9H2,1-2H3,(H,22,23)/b6-4+/t12-,14-,16-,18+/m1/s1. The summed E-state index contributed by atoms with van der Waals surface area (Å²) < 4.78 is 10.2. The van der Waals surface area contributed by atoms with E-state index in [4.69, 9.17) is 14.6 Å². The number of hydrogen-bond donors (Lipinski definition) is 4. The van der Waals surface area contributed by atoms with Crippen LogP contribution in [0.3, 0.4) is 0 Å². The van der Waals surface area contributed by atoms with E-state index in [0.29, 0.717) is 11.3 Å². The molecule has 0 radical (unpaired) electrons. The number of aliphatic hydroxyl groups is 3. The van der Waals surface area contributed by atoms with E-state index in [1.807, 2.05) is 6.92 Å². The molecular formula is C18H22O8. The number of methoxy groups -OCH3 is 1. The Hall–Kier alpha value is -2.42. The fourth-order valence-electron chi connectivity index (χ4n) is 2.90. The quantitative estimate of drug-likeness (QED) is 0.431. The zero-order valence-electron chi connectivity index (χ0n) is 14.5. The van der Waals surface area contributed by atoms with E-state index in [0.717, 1.165) is 11.6 Å². The molecule has 0 aromatic heterocycles. The number of esters is 1. The van der Waals surface area contributed by atoms with Gasteiger partial charge in [-0.25, -0.2) is 9.59 Å². The first-order chi connectivity index (χ1) is 12.2. The number of rotatable bonds is 5. The average molecular weight is 366 g/mol. The zero-order chi connectivity index (χ0) is 19.5. The Labute approximate surface area is 150 Å². The lowest BCUT2D eigenvalue weighted by molar-refractivity contribution is -0.196. The van der Waals surface area contributed by atoms with Gasteiger partial charge in [-0.05, 0) is 36.3 Å². The molecule has 0 bridgehead atoms. The molecule has 1 aliphatic carbocycles. The van der Waals surface area contributed by atoms with E-state index in [-0.39, 0.29) is 0 Å². The average Bonchev–Trinajstić information content (AvgIpc) is 2.57. The van der Waals surface area contributed by atoms with Crippen molar-refractivity contribution >= 4 is 18.0 Å². The van der Waals surface area contributed by atoms with Crippen LogP contribution in [0.5, 0.6) is 5.75 Å². The van der Waals surface area contributed by atoms with Crippen molar-refractivity contribution < 1.29 is 39.5 Å². The third kappa shape index (κ3) is 4.40. The zero-order valence-corrected chi connectivity index (χ0v) is 14.5. The van der Waals surface area contributed by atoms with Crippen LogP contribution in [-0.4, -0.2) is 63.4 Å². The first kappa shape index (κ1) is 19.9. The molecule has 8 nitrogen and oxygen atoms in total. The van der Waals surface area contributed by atoms with Crippen LogP contribution in [0.15, 0.2) is 24.3 Å². The summed E-state index contributed by atoms with van der Waals surface area (Å²) in [5.41, 5.74) is -0.674. The van der Waals surface area contributed by atoms with Crippen LogP contribution in [0.1, 0.15) is 24.0 Å². The molecule has 0 spiro atoms. The molecule has 0 unspecified atom stereocenters. The fraction of sp³-hybridized carbons (Fsp3) is 0.444. The van der Waals surface area contributed by atoms with Crippen molar-refractivity contribution in [2.45, 2.75) is 43.7 Å². The van der Waals surface area contributed by atoms with E-state index in [9.17, 15) is 24.9 Å². The highest BCUT2D eigenvalue weighted by Gasteiger charge is 2.50. The molecule has 1 saturated carbocycles. The van der Waals surface area contributed by atoms with Crippen molar-refractivity contribution in [2.75, 3.05) is 7.11 Å². The van der Waals surface area contributed by atoms with Crippen LogP contribution in [0, 0.1) is 6.92 Å².